The average Bonchev–Trinajstić information content (AvgIpc) is 2.36. The number of aliphatic carboxylic acids is 1. The minimum atomic E-state index is -1.02. The van der Waals surface area contributed by atoms with Crippen LogP contribution >= 0.6 is 0 Å². The van der Waals surface area contributed by atoms with Crippen LogP contribution in [0.5, 0.6) is 0 Å². The maximum absolute atomic E-state index is 11.5. The first-order valence-corrected chi connectivity index (χ1v) is 5.29. The first kappa shape index (κ1) is 13.7. The van der Waals surface area contributed by atoms with Crippen molar-refractivity contribution in [3.63, 3.8) is 0 Å². The highest BCUT2D eigenvalue weighted by molar-refractivity contribution is 5.92. The predicted molar refractivity (Wildman–Crippen MR) is 64.9 cm³/mol. The van der Waals surface area contributed by atoms with E-state index in [0.29, 0.717) is 11.3 Å². The molecular formula is C12H13N3O3. The van der Waals surface area contributed by atoms with Crippen molar-refractivity contribution in [2.24, 2.45) is 0 Å². The molecule has 0 bridgehead atoms. The highest BCUT2D eigenvalue weighted by Gasteiger charge is 2.11. The molecule has 0 aromatic heterocycles. The third kappa shape index (κ3) is 4.23. The molecule has 1 aromatic rings. The van der Waals surface area contributed by atoms with Crippen molar-refractivity contribution in [3.8, 4) is 6.07 Å². The van der Waals surface area contributed by atoms with Crippen molar-refractivity contribution in [2.75, 3.05) is 11.9 Å². The van der Waals surface area contributed by atoms with Crippen LogP contribution in [0.15, 0.2) is 24.3 Å². The number of nitrogens with zero attached hydrogens (tertiary/aromatic N) is 1. The number of nitrogens with one attached hydrogen (secondary N) is 2. The summed E-state index contributed by atoms with van der Waals surface area (Å²) in [6.07, 6.45) is 0. The lowest BCUT2D eigenvalue weighted by molar-refractivity contribution is -0.139. The van der Waals surface area contributed by atoms with Crippen molar-refractivity contribution in [2.45, 2.75) is 13.0 Å². The lowest BCUT2D eigenvalue weighted by Gasteiger charge is -2.09. The van der Waals surface area contributed by atoms with Crippen LogP contribution in [-0.2, 0) is 9.59 Å². The Balaban J connectivity index is 2.50. The van der Waals surface area contributed by atoms with E-state index >= 15 is 0 Å². The second-order valence-electron chi connectivity index (χ2n) is 3.68. The molecule has 6 heteroatoms. The molecule has 0 saturated heterocycles. The van der Waals surface area contributed by atoms with E-state index in [-0.39, 0.29) is 12.5 Å². The second kappa shape index (κ2) is 6.37. The number of carbonyl (C=O) groups excluding carboxylic acids is 1. The van der Waals surface area contributed by atoms with Crippen molar-refractivity contribution >= 4 is 17.6 Å². The largest absolute Gasteiger partial charge is 0.480 e. The highest BCUT2D eigenvalue weighted by Crippen LogP contribution is 2.09. The van der Waals surface area contributed by atoms with E-state index < -0.39 is 12.0 Å². The van der Waals surface area contributed by atoms with Crippen LogP contribution in [0.1, 0.15) is 12.5 Å². The number of carbonyl (C=O) groups is 2. The van der Waals surface area contributed by atoms with Gasteiger partial charge >= 0.3 is 5.97 Å². The van der Waals surface area contributed by atoms with Gasteiger partial charge in [0.2, 0.25) is 5.91 Å². The Morgan fingerprint density at radius 3 is 2.83 bits per heavy atom. The molecule has 0 aliphatic heterocycles. The van der Waals surface area contributed by atoms with Gasteiger partial charge in [-0.25, -0.2) is 0 Å². The van der Waals surface area contributed by atoms with Crippen molar-refractivity contribution in [1.82, 2.24) is 5.32 Å². The molecule has 1 amide bonds. The molecule has 0 heterocycles. The molecule has 0 saturated carbocycles. The van der Waals surface area contributed by atoms with E-state index in [4.69, 9.17) is 10.4 Å². The smallest absolute Gasteiger partial charge is 0.320 e. The third-order valence-electron chi connectivity index (χ3n) is 2.21. The molecule has 94 valence electrons. The molecule has 0 spiro atoms. The summed E-state index contributed by atoms with van der Waals surface area (Å²) in [7, 11) is 0. The Kier molecular flexibility index (Phi) is 4.84. The Labute approximate surface area is 104 Å². The number of nitriles is 1. The summed E-state index contributed by atoms with van der Waals surface area (Å²) in [4.78, 5) is 22.0. The SMILES string of the molecule is C[C@H](NCC(=O)Nc1cccc(C#N)c1)C(=O)O. The maximum atomic E-state index is 11.5. The van der Waals surface area contributed by atoms with E-state index in [0.717, 1.165) is 0 Å². The van der Waals surface area contributed by atoms with Crippen LogP contribution in [0.2, 0.25) is 0 Å². The third-order valence-corrected chi connectivity index (χ3v) is 2.21. The summed E-state index contributed by atoms with van der Waals surface area (Å²) in [5.41, 5.74) is 0.948. The van der Waals surface area contributed by atoms with Gasteiger partial charge in [-0.1, -0.05) is 6.07 Å². The monoisotopic (exact) mass is 247 g/mol. The van der Waals surface area contributed by atoms with Crippen LogP contribution in [0.3, 0.4) is 0 Å². The van der Waals surface area contributed by atoms with E-state index in [1.807, 2.05) is 6.07 Å². The Morgan fingerprint density at radius 2 is 2.22 bits per heavy atom. The number of carboxylic acid groups (broad SMARTS) is 1. The molecule has 0 radical (unpaired) electrons. The zero-order valence-electron chi connectivity index (χ0n) is 9.80. The van der Waals surface area contributed by atoms with Gasteiger partial charge in [0.15, 0.2) is 0 Å². The molecule has 0 aliphatic rings. The molecule has 1 rings (SSSR count). The molecule has 0 unspecified atom stereocenters. The molecule has 6 nitrogen and oxygen atoms in total. The van der Waals surface area contributed by atoms with Gasteiger partial charge in [0.25, 0.3) is 0 Å². The summed E-state index contributed by atoms with van der Waals surface area (Å²) >= 11 is 0. The fourth-order valence-electron chi connectivity index (χ4n) is 1.20. The lowest BCUT2D eigenvalue weighted by Crippen LogP contribution is -2.39. The van der Waals surface area contributed by atoms with Crippen LogP contribution in [0, 0.1) is 11.3 Å². The van der Waals surface area contributed by atoms with Gasteiger partial charge in [0, 0.05) is 5.69 Å². The van der Waals surface area contributed by atoms with E-state index in [1.54, 1.807) is 24.3 Å². The van der Waals surface area contributed by atoms with Gasteiger partial charge in [0.05, 0.1) is 18.2 Å². The number of anilines is 1. The molecule has 3 N–H and O–H groups in total. The number of hydrogen-bond acceptors (Lipinski definition) is 4. The highest BCUT2D eigenvalue weighted by atomic mass is 16.4. The van der Waals surface area contributed by atoms with Gasteiger partial charge < -0.3 is 10.4 Å². The van der Waals surface area contributed by atoms with Crippen LogP contribution in [0.25, 0.3) is 0 Å². The molecule has 0 aliphatic carbocycles. The first-order chi connectivity index (χ1) is 8.52. The lowest BCUT2D eigenvalue weighted by atomic mass is 10.2. The first-order valence-electron chi connectivity index (χ1n) is 5.29. The van der Waals surface area contributed by atoms with Crippen LogP contribution < -0.4 is 10.6 Å². The predicted octanol–water partition coefficient (Wildman–Crippen LogP) is 0.559. The molecule has 18 heavy (non-hydrogen) atoms. The van der Waals surface area contributed by atoms with Gasteiger partial charge in [-0.3, -0.25) is 14.9 Å². The maximum Gasteiger partial charge on any atom is 0.320 e. The number of benzene rings is 1. The minimum Gasteiger partial charge on any atom is -0.480 e. The number of amides is 1. The summed E-state index contributed by atoms with van der Waals surface area (Å²) in [6.45, 7) is 1.34. The Hall–Kier alpha value is -2.39. The minimum absolute atomic E-state index is 0.107. The number of rotatable bonds is 5. The topological polar surface area (TPSA) is 102 Å². The summed E-state index contributed by atoms with van der Waals surface area (Å²) < 4.78 is 0. The second-order valence-corrected chi connectivity index (χ2v) is 3.68. The van der Waals surface area contributed by atoms with Crippen molar-refractivity contribution in [3.05, 3.63) is 29.8 Å². The number of hydrogen-bond donors (Lipinski definition) is 3. The standard InChI is InChI=1S/C12H13N3O3/c1-8(12(17)18)14-7-11(16)15-10-4-2-3-9(5-10)6-13/h2-5,8,14H,7H2,1H3,(H,15,16)(H,17,18)/t8-/m0/s1. The Morgan fingerprint density at radius 1 is 1.50 bits per heavy atom. The fourth-order valence-corrected chi connectivity index (χ4v) is 1.20. The number of carboxylic acids is 1. The zero-order chi connectivity index (χ0) is 13.5. The molecule has 1 atom stereocenters. The molecule has 0 fully saturated rings. The Bertz CT molecular complexity index is 494. The van der Waals surface area contributed by atoms with Gasteiger partial charge in [-0.2, -0.15) is 5.26 Å². The van der Waals surface area contributed by atoms with E-state index in [2.05, 4.69) is 10.6 Å². The van der Waals surface area contributed by atoms with Gasteiger partial charge in [0.1, 0.15) is 6.04 Å². The van der Waals surface area contributed by atoms with Crippen LogP contribution in [-0.4, -0.2) is 29.6 Å². The van der Waals surface area contributed by atoms with Gasteiger partial charge in [-0.05, 0) is 25.1 Å². The average molecular weight is 247 g/mol. The molecular weight excluding hydrogens is 234 g/mol. The summed E-state index contributed by atoms with van der Waals surface area (Å²) in [6, 6.07) is 7.64. The summed E-state index contributed by atoms with van der Waals surface area (Å²) in [5, 5.41) is 22.4. The van der Waals surface area contributed by atoms with E-state index in [9.17, 15) is 9.59 Å². The van der Waals surface area contributed by atoms with Gasteiger partial charge in [-0.15, -0.1) is 0 Å². The van der Waals surface area contributed by atoms with Crippen molar-refractivity contribution < 1.29 is 14.7 Å². The summed E-state index contributed by atoms with van der Waals surface area (Å²) in [5.74, 6) is -1.38. The molecule has 1 aromatic carbocycles. The zero-order valence-corrected chi connectivity index (χ0v) is 9.80. The van der Waals surface area contributed by atoms with Crippen LogP contribution in [0.4, 0.5) is 5.69 Å². The van der Waals surface area contributed by atoms with E-state index in [1.165, 1.54) is 6.92 Å². The fraction of sp³-hybridized carbons (Fsp3) is 0.250. The quantitative estimate of drug-likeness (QED) is 0.705. The normalized spacial score (nSPS) is 11.3. The van der Waals surface area contributed by atoms with Crippen molar-refractivity contribution in [1.29, 1.82) is 5.26 Å².